The van der Waals surface area contributed by atoms with Crippen molar-refractivity contribution in [2.24, 2.45) is 5.73 Å². The van der Waals surface area contributed by atoms with Crippen molar-refractivity contribution >= 4 is 16.8 Å². The Labute approximate surface area is 155 Å². The second-order valence-corrected chi connectivity index (χ2v) is 6.67. The number of rotatable bonds is 3. The molecule has 0 saturated heterocycles. The van der Waals surface area contributed by atoms with Gasteiger partial charge < -0.3 is 5.73 Å². The van der Waals surface area contributed by atoms with Gasteiger partial charge in [-0.25, -0.2) is 0 Å². The highest BCUT2D eigenvalue weighted by Crippen LogP contribution is 2.39. The SMILES string of the molecule is NC(=O)c1ccc2c(-c3c(-c4ccccn4)nn4c3CCC4)ccnc2c1. The van der Waals surface area contributed by atoms with Gasteiger partial charge in [0, 0.05) is 41.1 Å². The molecule has 4 aromatic rings. The zero-order valence-corrected chi connectivity index (χ0v) is 14.6. The van der Waals surface area contributed by atoms with Crippen molar-refractivity contribution in [3.63, 3.8) is 0 Å². The van der Waals surface area contributed by atoms with Crippen LogP contribution in [-0.2, 0) is 13.0 Å². The second kappa shape index (κ2) is 6.02. The van der Waals surface area contributed by atoms with Crippen LogP contribution in [0.3, 0.4) is 0 Å². The Kier molecular flexibility index (Phi) is 3.50. The molecule has 0 spiro atoms. The molecule has 27 heavy (non-hydrogen) atoms. The van der Waals surface area contributed by atoms with Gasteiger partial charge in [-0.1, -0.05) is 12.1 Å². The van der Waals surface area contributed by atoms with Crippen LogP contribution in [0.1, 0.15) is 22.5 Å². The van der Waals surface area contributed by atoms with Gasteiger partial charge in [-0.05, 0) is 48.7 Å². The normalized spacial score (nSPS) is 13.0. The molecule has 3 aromatic heterocycles. The maximum Gasteiger partial charge on any atom is 0.248 e. The summed E-state index contributed by atoms with van der Waals surface area (Å²) in [6.07, 6.45) is 5.63. The highest BCUT2D eigenvalue weighted by atomic mass is 16.1. The van der Waals surface area contributed by atoms with Crippen molar-refractivity contribution < 1.29 is 4.79 Å². The molecule has 0 fully saturated rings. The number of carbonyl (C=O) groups is 1. The number of fused-ring (bicyclic) bond motifs is 2. The number of hydrogen-bond acceptors (Lipinski definition) is 4. The molecule has 1 aliphatic rings. The first-order chi connectivity index (χ1) is 13.2. The minimum absolute atomic E-state index is 0.454. The molecule has 6 nitrogen and oxygen atoms in total. The average Bonchev–Trinajstić information content (AvgIpc) is 3.29. The fraction of sp³-hybridized carbons (Fsp3) is 0.143. The Morgan fingerprint density at radius 1 is 1.07 bits per heavy atom. The number of primary amides is 1. The number of nitrogens with zero attached hydrogens (tertiary/aromatic N) is 4. The Balaban J connectivity index is 1.79. The van der Waals surface area contributed by atoms with E-state index >= 15 is 0 Å². The maximum absolute atomic E-state index is 11.5. The molecule has 0 bridgehead atoms. The summed E-state index contributed by atoms with van der Waals surface area (Å²) in [6.45, 7) is 0.921. The van der Waals surface area contributed by atoms with Crippen LogP contribution < -0.4 is 5.73 Å². The number of carbonyl (C=O) groups excluding carboxylic acids is 1. The molecule has 6 heteroatoms. The third-order valence-corrected chi connectivity index (χ3v) is 5.05. The van der Waals surface area contributed by atoms with E-state index in [1.165, 1.54) is 5.69 Å². The minimum Gasteiger partial charge on any atom is -0.366 e. The molecule has 1 amide bonds. The Morgan fingerprint density at radius 3 is 2.81 bits per heavy atom. The summed E-state index contributed by atoms with van der Waals surface area (Å²) < 4.78 is 2.09. The first kappa shape index (κ1) is 15.7. The van der Waals surface area contributed by atoms with E-state index in [9.17, 15) is 4.79 Å². The van der Waals surface area contributed by atoms with Crippen LogP contribution in [0.2, 0.25) is 0 Å². The van der Waals surface area contributed by atoms with Crippen LogP contribution in [0.25, 0.3) is 33.4 Å². The molecule has 0 atom stereocenters. The molecular formula is C21H17N5O. The number of pyridine rings is 2. The molecule has 0 radical (unpaired) electrons. The lowest BCUT2D eigenvalue weighted by atomic mass is 9.96. The van der Waals surface area contributed by atoms with Crippen LogP contribution in [0, 0.1) is 0 Å². The Morgan fingerprint density at radius 2 is 2.00 bits per heavy atom. The third kappa shape index (κ3) is 2.49. The topological polar surface area (TPSA) is 86.7 Å². The van der Waals surface area contributed by atoms with Gasteiger partial charge in [-0.15, -0.1) is 0 Å². The largest absolute Gasteiger partial charge is 0.366 e. The highest BCUT2D eigenvalue weighted by molar-refractivity contribution is 6.02. The molecule has 4 heterocycles. The van der Waals surface area contributed by atoms with Gasteiger partial charge >= 0.3 is 0 Å². The molecule has 0 unspecified atom stereocenters. The lowest BCUT2D eigenvalue weighted by molar-refractivity contribution is 0.100. The van der Waals surface area contributed by atoms with E-state index in [4.69, 9.17) is 10.8 Å². The molecule has 132 valence electrons. The summed E-state index contributed by atoms with van der Waals surface area (Å²) in [5, 5.41) is 5.82. The Hall–Kier alpha value is -3.54. The van der Waals surface area contributed by atoms with Gasteiger partial charge in [0.15, 0.2) is 0 Å². The summed E-state index contributed by atoms with van der Waals surface area (Å²) in [5.74, 6) is -0.454. The van der Waals surface area contributed by atoms with E-state index in [0.717, 1.165) is 52.8 Å². The number of aromatic nitrogens is 4. The van der Waals surface area contributed by atoms with Crippen LogP contribution in [0.4, 0.5) is 0 Å². The van der Waals surface area contributed by atoms with Gasteiger partial charge in [0.2, 0.25) is 5.91 Å². The van der Waals surface area contributed by atoms with Crippen molar-refractivity contribution in [3.05, 3.63) is 66.1 Å². The van der Waals surface area contributed by atoms with E-state index in [2.05, 4.69) is 14.6 Å². The lowest BCUT2D eigenvalue weighted by Gasteiger charge is -2.09. The smallest absolute Gasteiger partial charge is 0.248 e. The summed E-state index contributed by atoms with van der Waals surface area (Å²) in [6, 6.07) is 13.3. The molecular weight excluding hydrogens is 338 g/mol. The van der Waals surface area contributed by atoms with E-state index in [0.29, 0.717) is 5.56 Å². The van der Waals surface area contributed by atoms with Crippen molar-refractivity contribution in [1.82, 2.24) is 19.7 Å². The monoisotopic (exact) mass is 355 g/mol. The first-order valence-electron chi connectivity index (χ1n) is 8.92. The van der Waals surface area contributed by atoms with Gasteiger partial charge in [0.1, 0.15) is 5.69 Å². The molecule has 2 N–H and O–H groups in total. The summed E-state index contributed by atoms with van der Waals surface area (Å²) in [5.41, 5.74) is 11.7. The maximum atomic E-state index is 11.5. The fourth-order valence-electron chi connectivity index (χ4n) is 3.82. The molecule has 1 aliphatic heterocycles. The number of amides is 1. The average molecular weight is 355 g/mol. The first-order valence-corrected chi connectivity index (χ1v) is 8.92. The quantitative estimate of drug-likeness (QED) is 0.611. The van der Waals surface area contributed by atoms with Crippen molar-refractivity contribution in [1.29, 1.82) is 0 Å². The molecule has 0 aliphatic carbocycles. The molecule has 1 aromatic carbocycles. The van der Waals surface area contributed by atoms with E-state index in [-0.39, 0.29) is 0 Å². The van der Waals surface area contributed by atoms with Crippen LogP contribution in [-0.4, -0.2) is 25.7 Å². The van der Waals surface area contributed by atoms with Crippen molar-refractivity contribution in [3.8, 4) is 22.5 Å². The molecule has 0 saturated carbocycles. The summed E-state index contributed by atoms with van der Waals surface area (Å²) in [4.78, 5) is 20.5. The van der Waals surface area contributed by atoms with Gasteiger partial charge in [0.25, 0.3) is 0 Å². The second-order valence-electron chi connectivity index (χ2n) is 6.67. The number of aryl methyl sites for hydroxylation is 1. The summed E-state index contributed by atoms with van der Waals surface area (Å²) in [7, 11) is 0. The van der Waals surface area contributed by atoms with E-state index in [1.807, 2.05) is 30.3 Å². The highest BCUT2D eigenvalue weighted by Gasteiger charge is 2.25. The number of benzene rings is 1. The standard InChI is InChI=1S/C21H17N5O/c22-21(27)13-6-7-14-15(8-10-24-17(14)12-13)19-18-5-3-11-26(18)25-20(19)16-4-1-2-9-23-16/h1-2,4,6-10,12H,3,5,11H2,(H2,22,27). The lowest BCUT2D eigenvalue weighted by Crippen LogP contribution is -2.10. The van der Waals surface area contributed by atoms with Crippen LogP contribution >= 0.6 is 0 Å². The fourth-order valence-corrected chi connectivity index (χ4v) is 3.82. The van der Waals surface area contributed by atoms with Gasteiger partial charge in [-0.2, -0.15) is 5.10 Å². The van der Waals surface area contributed by atoms with E-state index < -0.39 is 5.91 Å². The van der Waals surface area contributed by atoms with Crippen molar-refractivity contribution in [2.75, 3.05) is 0 Å². The third-order valence-electron chi connectivity index (χ3n) is 5.05. The van der Waals surface area contributed by atoms with Crippen LogP contribution in [0.5, 0.6) is 0 Å². The predicted molar refractivity (Wildman–Crippen MR) is 103 cm³/mol. The zero-order valence-electron chi connectivity index (χ0n) is 14.6. The zero-order chi connectivity index (χ0) is 18.4. The number of nitrogens with two attached hydrogens (primary N) is 1. The van der Waals surface area contributed by atoms with Crippen LogP contribution in [0.15, 0.2) is 54.9 Å². The Bertz CT molecular complexity index is 1180. The van der Waals surface area contributed by atoms with E-state index in [1.54, 1.807) is 24.5 Å². The predicted octanol–water partition coefficient (Wildman–Crippen LogP) is 3.21. The summed E-state index contributed by atoms with van der Waals surface area (Å²) >= 11 is 0. The van der Waals surface area contributed by atoms with Gasteiger partial charge in [0.05, 0.1) is 11.2 Å². The molecule has 5 rings (SSSR count). The number of hydrogen-bond donors (Lipinski definition) is 1. The minimum atomic E-state index is -0.454. The van der Waals surface area contributed by atoms with Crippen molar-refractivity contribution in [2.45, 2.75) is 19.4 Å². The van der Waals surface area contributed by atoms with Gasteiger partial charge in [-0.3, -0.25) is 19.4 Å².